The van der Waals surface area contributed by atoms with Gasteiger partial charge in [-0.3, -0.25) is 4.79 Å². The van der Waals surface area contributed by atoms with Gasteiger partial charge in [0.05, 0.1) is 0 Å². The summed E-state index contributed by atoms with van der Waals surface area (Å²) in [5, 5.41) is 9.35. The molecule has 0 aliphatic heterocycles. The molecule has 1 N–H and O–H groups in total. The second-order valence-electron chi connectivity index (χ2n) is 3.12. The molecule has 0 heterocycles. The molecule has 0 spiro atoms. The van der Waals surface area contributed by atoms with E-state index in [-0.39, 0.29) is 11.7 Å². The Kier molecular flexibility index (Phi) is 3.51. The molecule has 0 fully saturated rings. The Labute approximate surface area is 83.3 Å². The fourth-order valence-electron chi connectivity index (χ4n) is 1.09. The van der Waals surface area contributed by atoms with Gasteiger partial charge >= 0.3 is 5.97 Å². The first kappa shape index (κ1) is 10.6. The molecule has 14 heavy (non-hydrogen) atoms. The van der Waals surface area contributed by atoms with Gasteiger partial charge in [-0.25, -0.2) is 0 Å². The van der Waals surface area contributed by atoms with Crippen LogP contribution in [0.3, 0.4) is 0 Å². The lowest BCUT2D eigenvalue weighted by molar-refractivity contribution is -0.134. The highest BCUT2D eigenvalue weighted by Gasteiger charge is 2.07. The summed E-state index contributed by atoms with van der Waals surface area (Å²) in [6, 6.07) is 4.88. The van der Waals surface area contributed by atoms with E-state index in [1.54, 1.807) is 25.1 Å². The number of carbonyl (C=O) groups excluding carboxylic acids is 1. The van der Waals surface area contributed by atoms with E-state index < -0.39 is 0 Å². The number of phenolic OH excluding ortho intramolecular Hbond substituents is 1. The van der Waals surface area contributed by atoms with Crippen LogP contribution in [0.2, 0.25) is 0 Å². The zero-order chi connectivity index (χ0) is 10.6. The molecule has 0 radical (unpaired) electrons. The largest absolute Gasteiger partial charge is 0.508 e. The molecule has 0 saturated carbocycles. The fraction of sp³-hybridized carbons (Fsp3) is 0.364. The minimum Gasteiger partial charge on any atom is -0.508 e. The minimum absolute atomic E-state index is 0.145. The van der Waals surface area contributed by atoms with Gasteiger partial charge in [-0.15, -0.1) is 0 Å². The van der Waals surface area contributed by atoms with E-state index in [0.717, 1.165) is 6.42 Å². The third-order valence-corrected chi connectivity index (χ3v) is 1.93. The van der Waals surface area contributed by atoms with Gasteiger partial charge in [0.2, 0.25) is 0 Å². The Hall–Kier alpha value is -1.51. The Morgan fingerprint density at radius 2 is 2.21 bits per heavy atom. The zero-order valence-corrected chi connectivity index (χ0v) is 8.41. The van der Waals surface area contributed by atoms with Gasteiger partial charge in [0.15, 0.2) is 0 Å². The molecule has 0 unspecified atom stereocenters. The van der Waals surface area contributed by atoms with E-state index in [1.165, 1.54) is 0 Å². The summed E-state index contributed by atoms with van der Waals surface area (Å²) in [6.07, 6.45) is 1.16. The monoisotopic (exact) mass is 194 g/mol. The number of phenols is 1. The average molecular weight is 194 g/mol. The lowest BCUT2D eigenvalue weighted by Gasteiger charge is -2.07. The van der Waals surface area contributed by atoms with Crippen molar-refractivity contribution in [1.82, 2.24) is 0 Å². The maximum atomic E-state index is 11.2. The smallest absolute Gasteiger partial charge is 0.311 e. The normalized spacial score (nSPS) is 9.86. The van der Waals surface area contributed by atoms with Gasteiger partial charge in [0, 0.05) is 12.0 Å². The molecule has 0 aromatic heterocycles. The summed E-state index contributed by atoms with van der Waals surface area (Å²) in [6.45, 7) is 3.63. The van der Waals surface area contributed by atoms with Gasteiger partial charge in [-0.2, -0.15) is 0 Å². The average Bonchev–Trinajstić information content (AvgIpc) is 2.13. The number of aromatic hydroxyl groups is 1. The first-order chi connectivity index (χ1) is 6.65. The first-order valence-corrected chi connectivity index (χ1v) is 4.64. The molecule has 1 aromatic rings. The van der Waals surface area contributed by atoms with Gasteiger partial charge in [0.1, 0.15) is 11.5 Å². The predicted molar refractivity (Wildman–Crippen MR) is 53.4 cm³/mol. The van der Waals surface area contributed by atoms with E-state index in [9.17, 15) is 9.90 Å². The van der Waals surface area contributed by atoms with Crippen molar-refractivity contribution in [3.63, 3.8) is 0 Å². The summed E-state index contributed by atoms with van der Waals surface area (Å²) >= 11 is 0. The fourth-order valence-corrected chi connectivity index (χ4v) is 1.09. The van der Waals surface area contributed by atoms with Crippen molar-refractivity contribution in [2.45, 2.75) is 26.7 Å². The summed E-state index contributed by atoms with van der Waals surface area (Å²) in [4.78, 5) is 11.2. The molecular weight excluding hydrogens is 180 g/mol. The molecule has 76 valence electrons. The van der Waals surface area contributed by atoms with Gasteiger partial charge in [0.25, 0.3) is 0 Å². The second kappa shape index (κ2) is 4.65. The van der Waals surface area contributed by atoms with Crippen molar-refractivity contribution in [1.29, 1.82) is 0 Å². The van der Waals surface area contributed by atoms with E-state index in [0.29, 0.717) is 17.7 Å². The predicted octanol–water partition coefficient (Wildman–Crippen LogP) is 2.41. The number of esters is 1. The summed E-state index contributed by atoms with van der Waals surface area (Å²) in [5.41, 5.74) is 0.594. The van der Waals surface area contributed by atoms with Crippen LogP contribution in [0.15, 0.2) is 18.2 Å². The highest BCUT2D eigenvalue weighted by molar-refractivity contribution is 5.72. The Morgan fingerprint density at radius 1 is 1.50 bits per heavy atom. The molecule has 0 aliphatic rings. The van der Waals surface area contributed by atoms with Crippen LogP contribution in [0.4, 0.5) is 0 Å². The van der Waals surface area contributed by atoms with Gasteiger partial charge < -0.3 is 9.84 Å². The van der Waals surface area contributed by atoms with Crippen molar-refractivity contribution in [3.8, 4) is 11.5 Å². The molecule has 0 bridgehead atoms. The maximum Gasteiger partial charge on any atom is 0.311 e. The highest BCUT2D eigenvalue weighted by atomic mass is 16.5. The van der Waals surface area contributed by atoms with Crippen LogP contribution in [0.25, 0.3) is 0 Å². The molecule has 0 atom stereocenters. The van der Waals surface area contributed by atoms with Crippen LogP contribution in [-0.4, -0.2) is 11.1 Å². The number of hydrogen-bond acceptors (Lipinski definition) is 3. The highest BCUT2D eigenvalue weighted by Crippen LogP contribution is 2.26. The van der Waals surface area contributed by atoms with Crippen molar-refractivity contribution >= 4 is 5.97 Å². The van der Waals surface area contributed by atoms with E-state index >= 15 is 0 Å². The standard InChI is InChI=1S/C11H14O3/c1-3-5-11(13)14-10-7-4-6-9(12)8(10)2/h4,6-7,12H,3,5H2,1-2H3. The third kappa shape index (κ3) is 2.49. The Balaban J connectivity index is 2.76. The molecule has 1 rings (SSSR count). The first-order valence-electron chi connectivity index (χ1n) is 4.64. The SMILES string of the molecule is CCCC(=O)Oc1cccc(O)c1C. The number of hydrogen-bond donors (Lipinski definition) is 1. The van der Waals surface area contributed by atoms with Crippen molar-refractivity contribution in [3.05, 3.63) is 23.8 Å². The van der Waals surface area contributed by atoms with E-state index in [4.69, 9.17) is 4.74 Å². The number of ether oxygens (including phenoxy) is 1. The van der Waals surface area contributed by atoms with Crippen molar-refractivity contribution in [2.75, 3.05) is 0 Å². The molecule has 3 nitrogen and oxygen atoms in total. The van der Waals surface area contributed by atoms with Crippen LogP contribution in [0.1, 0.15) is 25.3 Å². The topological polar surface area (TPSA) is 46.5 Å². The number of carbonyl (C=O) groups is 1. The Bertz CT molecular complexity index is 331. The molecular formula is C11H14O3. The van der Waals surface area contributed by atoms with Crippen molar-refractivity contribution < 1.29 is 14.6 Å². The molecule has 3 heteroatoms. The maximum absolute atomic E-state index is 11.2. The molecule has 0 aliphatic carbocycles. The summed E-state index contributed by atoms with van der Waals surface area (Å²) in [5.74, 6) is 0.316. The van der Waals surface area contributed by atoms with Crippen LogP contribution in [0, 0.1) is 6.92 Å². The van der Waals surface area contributed by atoms with Crippen LogP contribution in [0.5, 0.6) is 11.5 Å². The van der Waals surface area contributed by atoms with Crippen molar-refractivity contribution in [2.24, 2.45) is 0 Å². The van der Waals surface area contributed by atoms with Gasteiger partial charge in [-0.1, -0.05) is 13.0 Å². The van der Waals surface area contributed by atoms with Crippen LogP contribution >= 0.6 is 0 Å². The molecule has 0 amide bonds. The third-order valence-electron chi connectivity index (χ3n) is 1.93. The lowest BCUT2D eigenvalue weighted by Crippen LogP contribution is -2.07. The second-order valence-corrected chi connectivity index (χ2v) is 3.12. The lowest BCUT2D eigenvalue weighted by atomic mass is 10.2. The van der Waals surface area contributed by atoms with E-state index in [2.05, 4.69) is 0 Å². The molecule has 0 saturated heterocycles. The Morgan fingerprint density at radius 3 is 2.86 bits per heavy atom. The van der Waals surface area contributed by atoms with Crippen LogP contribution < -0.4 is 4.74 Å². The number of rotatable bonds is 3. The van der Waals surface area contributed by atoms with Gasteiger partial charge in [-0.05, 0) is 25.5 Å². The quantitative estimate of drug-likeness (QED) is 0.593. The van der Waals surface area contributed by atoms with E-state index in [1.807, 2.05) is 6.92 Å². The summed E-state index contributed by atoms with van der Waals surface area (Å²) < 4.78 is 5.07. The summed E-state index contributed by atoms with van der Waals surface area (Å²) in [7, 11) is 0. The zero-order valence-electron chi connectivity index (χ0n) is 8.41. The molecule has 1 aromatic carbocycles. The minimum atomic E-state index is -0.263. The van der Waals surface area contributed by atoms with Crippen LogP contribution in [-0.2, 0) is 4.79 Å². The number of benzene rings is 1.